The molecule has 3 heterocycles. The Morgan fingerprint density at radius 2 is 1.51 bits per heavy atom. The van der Waals surface area contributed by atoms with Crippen molar-refractivity contribution < 1.29 is 152 Å². The van der Waals surface area contributed by atoms with Gasteiger partial charge >= 0.3 is 105 Å². The van der Waals surface area contributed by atoms with E-state index in [1.807, 2.05) is 18.2 Å². The molecule has 0 bridgehead atoms. The minimum absolute atomic E-state index is 0. The van der Waals surface area contributed by atoms with Gasteiger partial charge in [-0.15, -0.1) is 23.8 Å². The molecule has 3 aromatic carbocycles. The van der Waals surface area contributed by atoms with E-state index in [1.165, 1.54) is 29.8 Å². The first-order chi connectivity index (χ1) is 33.1. The molecule has 3 aliphatic heterocycles. The van der Waals surface area contributed by atoms with Crippen LogP contribution < -0.4 is 98.3 Å². The molecule has 1 saturated heterocycles. The molecule has 0 aromatic heterocycles. The van der Waals surface area contributed by atoms with Crippen molar-refractivity contribution in [1.82, 2.24) is 5.06 Å². The Labute approximate surface area is 498 Å². The summed E-state index contributed by atoms with van der Waals surface area (Å²) in [7, 11) is -7.77. The number of unbranched alkanes of at least 4 members (excludes halogenated alkanes) is 3. The number of hydrogen-bond donors (Lipinski definition) is 0. The van der Waals surface area contributed by atoms with Crippen LogP contribution in [0.1, 0.15) is 115 Å². The van der Waals surface area contributed by atoms with Crippen LogP contribution in [0.15, 0.2) is 112 Å². The van der Waals surface area contributed by atoms with Crippen LogP contribution in [-0.4, -0.2) is 86.3 Å². The molecule has 374 valence electrons. The van der Waals surface area contributed by atoms with Gasteiger partial charge in [-0.2, -0.15) is 18.2 Å². The number of amides is 2. The maximum Gasteiger partial charge on any atom is 1.00 e. The summed E-state index contributed by atoms with van der Waals surface area (Å²) in [6.07, 6.45) is 14.2. The van der Waals surface area contributed by atoms with E-state index in [0.717, 1.165) is 57.9 Å². The SMILES string of the molecule is Cc1ccc2c(c1)C(C)(C)C(=CC=C1CCCC(C=CC3=[N+](CCCCS(=O)[O-])c4cc[c-]cc4C3(C)C)=C1Oc1ccc(S(=O)(=O)[O-])cc1)N2CCCCCC(=O)ON1C(=O)CCC1=O.O=S(=O)=O.[Na+].[Na+].[Na+]. The molecule has 0 N–H and O–H groups in total. The van der Waals surface area contributed by atoms with Gasteiger partial charge in [-0.3, -0.25) is 13.8 Å². The van der Waals surface area contributed by atoms with Gasteiger partial charge in [0.1, 0.15) is 33.9 Å². The number of benzene rings is 3. The van der Waals surface area contributed by atoms with Gasteiger partial charge in [-0.1, -0.05) is 74.5 Å². The number of allylic oxidation sites excluding steroid dienone is 7. The summed E-state index contributed by atoms with van der Waals surface area (Å²) in [4.78, 5) is 43.4. The maximum absolute atomic E-state index is 12.5. The molecule has 16 nitrogen and oxygen atoms in total. The van der Waals surface area contributed by atoms with Crippen molar-refractivity contribution in [1.29, 1.82) is 0 Å². The summed E-state index contributed by atoms with van der Waals surface area (Å²) in [5.41, 5.74) is 8.91. The zero-order valence-corrected chi connectivity index (χ0v) is 51.3. The summed E-state index contributed by atoms with van der Waals surface area (Å²) >= 11 is -2.11. The Morgan fingerprint density at radius 3 is 2.15 bits per heavy atom. The van der Waals surface area contributed by atoms with E-state index in [0.29, 0.717) is 68.2 Å². The van der Waals surface area contributed by atoms with E-state index in [1.54, 1.807) is 0 Å². The first-order valence-corrected chi connectivity index (χ1v) is 26.7. The molecule has 1 fully saturated rings. The second-order valence-electron chi connectivity index (χ2n) is 18.5. The predicted octanol–water partition coefficient (Wildman–Crippen LogP) is -1.41. The quantitative estimate of drug-likeness (QED) is 0.0272. The second-order valence-corrected chi connectivity index (χ2v) is 21.3. The van der Waals surface area contributed by atoms with Crippen LogP contribution in [0.5, 0.6) is 5.75 Å². The van der Waals surface area contributed by atoms with Crippen molar-refractivity contribution >= 4 is 66.7 Å². The molecule has 3 aromatic rings. The number of imide groups is 1. The fraction of sp³-hybridized carbons (Fsp3) is 0.412. The number of nitrogens with zero attached hydrogens (tertiary/aromatic N) is 3. The third kappa shape index (κ3) is 16.6. The molecule has 0 spiro atoms. The first kappa shape index (κ1) is 64.4. The van der Waals surface area contributed by atoms with E-state index in [2.05, 4.69) is 92.7 Å². The number of ether oxygens (including phenoxy) is 1. The molecule has 1 unspecified atom stereocenters. The second kappa shape index (κ2) is 28.5. The Bertz CT molecular complexity index is 2930. The van der Waals surface area contributed by atoms with E-state index in [-0.39, 0.29) is 129 Å². The van der Waals surface area contributed by atoms with Crippen LogP contribution in [0.4, 0.5) is 11.4 Å². The van der Waals surface area contributed by atoms with Gasteiger partial charge in [0.2, 0.25) is 0 Å². The molecule has 0 saturated carbocycles. The molecule has 0 radical (unpaired) electrons. The number of hydroxylamine groups is 2. The summed E-state index contributed by atoms with van der Waals surface area (Å²) in [5.74, 6) is -0.481. The summed E-state index contributed by atoms with van der Waals surface area (Å²) < 4.78 is 92.4. The van der Waals surface area contributed by atoms with E-state index in [4.69, 9.17) is 22.2 Å². The van der Waals surface area contributed by atoms with Crippen LogP contribution in [0.2, 0.25) is 0 Å². The van der Waals surface area contributed by atoms with Gasteiger partial charge in [0.15, 0.2) is 5.71 Å². The largest absolute Gasteiger partial charge is 1.00 e. The van der Waals surface area contributed by atoms with Crippen LogP contribution >= 0.6 is 0 Å². The molecule has 2 amide bonds. The van der Waals surface area contributed by atoms with Gasteiger partial charge in [0.05, 0.1) is 4.90 Å². The number of carbonyl (C=O) groups excluding carboxylic acids is 3. The summed E-state index contributed by atoms with van der Waals surface area (Å²) in [5, 5.41) is 0.587. The average Bonchev–Trinajstić information content (AvgIpc) is 3.80. The van der Waals surface area contributed by atoms with E-state index < -0.39 is 49.6 Å². The Balaban J connectivity index is 0.00000194. The average molecular weight is 1090 g/mol. The summed E-state index contributed by atoms with van der Waals surface area (Å²) in [6.45, 7) is 12.2. The topological polar surface area (TPSA) is 228 Å². The summed E-state index contributed by atoms with van der Waals surface area (Å²) in [6, 6.07) is 21.2. The maximum atomic E-state index is 12.5. The van der Waals surface area contributed by atoms with Crippen molar-refractivity contribution in [2.75, 3.05) is 23.7 Å². The van der Waals surface area contributed by atoms with Crippen LogP contribution in [0, 0.1) is 13.0 Å². The fourth-order valence-electron chi connectivity index (χ4n) is 9.35. The molecule has 7 rings (SSSR count). The third-order valence-electron chi connectivity index (χ3n) is 12.9. The number of hydrogen-bond acceptors (Lipinski definition) is 14. The molecule has 1 atom stereocenters. The fourth-order valence-corrected chi connectivity index (χ4v) is 10.3. The number of carbonyl (C=O) groups is 3. The first-order valence-electron chi connectivity index (χ1n) is 23.1. The number of rotatable bonds is 18. The van der Waals surface area contributed by atoms with Crippen molar-refractivity contribution in [3.05, 3.63) is 130 Å². The smallest absolute Gasteiger partial charge is 0.772 e. The normalized spacial score (nSPS) is 18.1. The Hall–Kier alpha value is -2.86. The predicted molar refractivity (Wildman–Crippen MR) is 259 cm³/mol. The van der Waals surface area contributed by atoms with Crippen LogP contribution in [0.25, 0.3) is 0 Å². The van der Waals surface area contributed by atoms with Crippen LogP contribution in [-0.2, 0) is 61.9 Å². The van der Waals surface area contributed by atoms with E-state index in [9.17, 15) is 36.1 Å². The van der Waals surface area contributed by atoms with Gasteiger partial charge < -0.3 is 23.6 Å². The zero-order valence-electron chi connectivity index (χ0n) is 42.9. The minimum Gasteiger partial charge on any atom is -0.772 e. The molecular formula is C51H57N3Na3O13S3+. The molecule has 73 heavy (non-hydrogen) atoms. The van der Waals surface area contributed by atoms with Crippen LogP contribution in [0.3, 0.4) is 0 Å². The van der Waals surface area contributed by atoms with Crippen molar-refractivity contribution in [2.24, 2.45) is 0 Å². The van der Waals surface area contributed by atoms with Crippen molar-refractivity contribution in [2.45, 2.75) is 121 Å². The van der Waals surface area contributed by atoms with E-state index >= 15 is 0 Å². The molecule has 22 heteroatoms. The van der Waals surface area contributed by atoms with Gasteiger partial charge in [-0.25, -0.2) is 17.8 Å². The van der Waals surface area contributed by atoms with Crippen molar-refractivity contribution in [3.8, 4) is 5.75 Å². The van der Waals surface area contributed by atoms with Gasteiger partial charge in [0, 0.05) is 66.3 Å². The molecular weight excluding hydrogens is 1030 g/mol. The minimum atomic E-state index is -4.66. The molecule has 1 aliphatic carbocycles. The van der Waals surface area contributed by atoms with Gasteiger partial charge in [-0.05, 0) is 105 Å². The molecule has 4 aliphatic rings. The number of fused-ring (bicyclic) bond motifs is 2. The number of anilines is 1. The Morgan fingerprint density at radius 1 is 0.836 bits per heavy atom. The van der Waals surface area contributed by atoms with Gasteiger partial charge in [0.25, 0.3) is 11.8 Å². The zero-order chi connectivity index (χ0) is 51.0. The Kier molecular flexibility index (Phi) is 25.1. The number of aryl methyl sites for hydroxylation is 1. The third-order valence-corrected chi connectivity index (χ3v) is 14.4. The monoisotopic (exact) mass is 1080 g/mol. The standard InChI is InChI=1S/C51H59N3O10S2.3Na.O3S/c1-35-19-26-43-41(34-35)51(4,5)45(53(43)31-10-6-7-18-48(57)64-54-46(55)29-30-47(54)56)28-21-37-15-13-14-36(49(37)63-38-22-24-39(25-23-38)66(60,61)62)20-27-44-50(2,3)40-16-8-9-17-42(40)52(44)32-11-12-33-65(58)59;;;;1-4(2)3/h9,16-17,19-28,34H,6-7,10-15,18,29-33H2,1-5H3,(H,58,59)(H,60,61,62);;;;/q;3*+1;/p-2. The van der Waals surface area contributed by atoms with Crippen molar-refractivity contribution in [3.63, 3.8) is 0 Å².